The molecule has 2 aromatic carbocycles. The van der Waals surface area contributed by atoms with E-state index in [4.69, 9.17) is 9.29 Å². The van der Waals surface area contributed by atoms with Gasteiger partial charge in [-0.3, -0.25) is 4.55 Å². The second-order valence-corrected chi connectivity index (χ2v) is 5.77. The molecule has 0 atom stereocenters. The Morgan fingerprint density at radius 2 is 1.36 bits per heavy atom. The normalized spacial score (nSPS) is 11.7. The van der Waals surface area contributed by atoms with Gasteiger partial charge in [-0.05, 0) is 17.5 Å². The number of hydrogen-bond acceptors (Lipinski definition) is 4. The minimum atomic E-state index is -4.38. The summed E-state index contributed by atoms with van der Waals surface area (Å²) in [5.41, 5.74) is 2.04. The summed E-state index contributed by atoms with van der Waals surface area (Å²) < 4.78 is 39.6. The van der Waals surface area contributed by atoms with E-state index in [0.717, 1.165) is 11.1 Å². The predicted octanol–water partition coefficient (Wildman–Crippen LogP) is 3.00. The highest BCUT2D eigenvalue weighted by atomic mass is 32.3. The molecule has 0 bridgehead atoms. The fourth-order valence-corrected chi connectivity index (χ4v) is 2.39. The molecule has 22 heavy (non-hydrogen) atoms. The van der Waals surface area contributed by atoms with Crippen molar-refractivity contribution in [3.05, 3.63) is 71.8 Å². The minimum Gasteiger partial charge on any atom is -0.369 e. The molecule has 0 aliphatic heterocycles. The SMILES string of the molecule is O=S(=O)(O)OCCCOC(c1ccccc1)c1ccccc1. The standard InChI is InChI=1S/C16H18O5S/c17-22(18,19)21-13-7-12-20-16(14-8-3-1-4-9-14)15-10-5-2-6-11-15/h1-6,8-11,16H,7,12-13H2,(H,17,18,19). The maximum Gasteiger partial charge on any atom is 0.397 e. The number of benzene rings is 2. The predicted molar refractivity (Wildman–Crippen MR) is 82.8 cm³/mol. The molecule has 0 amide bonds. The molecule has 0 fully saturated rings. The van der Waals surface area contributed by atoms with Gasteiger partial charge in [0.1, 0.15) is 6.10 Å². The fourth-order valence-electron chi connectivity index (χ4n) is 2.06. The third kappa shape index (κ3) is 5.57. The first-order valence-corrected chi connectivity index (χ1v) is 8.26. The summed E-state index contributed by atoms with van der Waals surface area (Å²) in [6, 6.07) is 19.5. The van der Waals surface area contributed by atoms with Crippen LogP contribution < -0.4 is 0 Å². The van der Waals surface area contributed by atoms with Crippen molar-refractivity contribution in [1.29, 1.82) is 0 Å². The van der Waals surface area contributed by atoms with E-state index in [1.807, 2.05) is 60.7 Å². The van der Waals surface area contributed by atoms with Crippen molar-refractivity contribution in [2.75, 3.05) is 13.2 Å². The van der Waals surface area contributed by atoms with Crippen LogP contribution in [0.25, 0.3) is 0 Å². The Balaban J connectivity index is 1.98. The third-order valence-electron chi connectivity index (χ3n) is 3.01. The topological polar surface area (TPSA) is 72.8 Å². The summed E-state index contributed by atoms with van der Waals surface area (Å²) in [6.07, 6.45) is 0.129. The quantitative estimate of drug-likeness (QED) is 0.597. The summed E-state index contributed by atoms with van der Waals surface area (Å²) in [4.78, 5) is 0. The van der Waals surface area contributed by atoms with E-state index >= 15 is 0 Å². The van der Waals surface area contributed by atoms with Crippen LogP contribution in [-0.2, 0) is 19.3 Å². The first kappa shape index (κ1) is 16.6. The fraction of sp³-hybridized carbons (Fsp3) is 0.250. The summed E-state index contributed by atoms with van der Waals surface area (Å²) in [5.74, 6) is 0. The van der Waals surface area contributed by atoms with Gasteiger partial charge in [0.25, 0.3) is 0 Å². The maximum atomic E-state index is 10.5. The zero-order valence-corrected chi connectivity index (χ0v) is 12.8. The van der Waals surface area contributed by atoms with E-state index in [2.05, 4.69) is 4.18 Å². The van der Waals surface area contributed by atoms with Crippen LogP contribution in [-0.4, -0.2) is 26.2 Å². The Morgan fingerprint density at radius 1 is 0.864 bits per heavy atom. The van der Waals surface area contributed by atoms with Crippen LogP contribution in [0, 0.1) is 0 Å². The largest absolute Gasteiger partial charge is 0.397 e. The van der Waals surface area contributed by atoms with Gasteiger partial charge in [-0.25, -0.2) is 4.18 Å². The molecule has 2 aromatic rings. The molecule has 0 aromatic heterocycles. The van der Waals surface area contributed by atoms with Crippen molar-refractivity contribution >= 4 is 10.4 Å². The van der Waals surface area contributed by atoms with Crippen molar-refractivity contribution in [1.82, 2.24) is 0 Å². The van der Waals surface area contributed by atoms with Crippen LogP contribution in [0.3, 0.4) is 0 Å². The highest BCUT2D eigenvalue weighted by Crippen LogP contribution is 2.25. The van der Waals surface area contributed by atoms with Gasteiger partial charge in [0.15, 0.2) is 0 Å². The molecule has 0 unspecified atom stereocenters. The molecule has 2 rings (SSSR count). The van der Waals surface area contributed by atoms with Crippen LogP contribution in [0.2, 0.25) is 0 Å². The van der Waals surface area contributed by atoms with Crippen molar-refractivity contribution in [2.24, 2.45) is 0 Å². The molecule has 0 saturated carbocycles. The van der Waals surface area contributed by atoms with E-state index in [0.29, 0.717) is 13.0 Å². The van der Waals surface area contributed by atoms with Gasteiger partial charge >= 0.3 is 10.4 Å². The van der Waals surface area contributed by atoms with Gasteiger partial charge in [0.2, 0.25) is 0 Å². The van der Waals surface area contributed by atoms with Gasteiger partial charge in [-0.2, -0.15) is 8.42 Å². The molecule has 1 N–H and O–H groups in total. The van der Waals surface area contributed by atoms with Crippen LogP contribution in [0.15, 0.2) is 60.7 Å². The van der Waals surface area contributed by atoms with Gasteiger partial charge in [-0.15, -0.1) is 0 Å². The first-order valence-electron chi connectivity index (χ1n) is 6.89. The molecule has 5 nitrogen and oxygen atoms in total. The Morgan fingerprint density at radius 3 is 1.82 bits per heavy atom. The monoisotopic (exact) mass is 322 g/mol. The van der Waals surface area contributed by atoms with Gasteiger partial charge in [0.05, 0.1) is 13.2 Å². The zero-order chi connectivity index (χ0) is 15.8. The number of rotatable bonds is 8. The second-order valence-electron chi connectivity index (χ2n) is 4.68. The Labute approximate surface area is 130 Å². The number of hydrogen-bond donors (Lipinski definition) is 1. The summed E-state index contributed by atoms with van der Waals surface area (Å²) in [6.45, 7) is 0.194. The zero-order valence-electron chi connectivity index (χ0n) is 12.0. The highest BCUT2D eigenvalue weighted by Gasteiger charge is 2.14. The lowest BCUT2D eigenvalue weighted by Gasteiger charge is -2.19. The molecule has 0 saturated heterocycles. The van der Waals surface area contributed by atoms with Gasteiger partial charge in [0, 0.05) is 0 Å². The van der Waals surface area contributed by atoms with Crippen molar-refractivity contribution < 1.29 is 21.9 Å². The van der Waals surface area contributed by atoms with Gasteiger partial charge in [-0.1, -0.05) is 60.7 Å². The smallest absolute Gasteiger partial charge is 0.369 e. The van der Waals surface area contributed by atoms with Crippen LogP contribution in [0.1, 0.15) is 23.7 Å². The Bertz CT molecular complexity index is 616. The van der Waals surface area contributed by atoms with E-state index < -0.39 is 10.4 Å². The average molecular weight is 322 g/mol. The van der Waals surface area contributed by atoms with Gasteiger partial charge < -0.3 is 4.74 Å². The van der Waals surface area contributed by atoms with Crippen LogP contribution in [0.5, 0.6) is 0 Å². The van der Waals surface area contributed by atoms with E-state index in [1.165, 1.54) is 0 Å². The lowest BCUT2D eigenvalue weighted by atomic mass is 10.0. The maximum absolute atomic E-state index is 10.5. The van der Waals surface area contributed by atoms with Crippen LogP contribution in [0.4, 0.5) is 0 Å². The van der Waals surface area contributed by atoms with Crippen LogP contribution >= 0.6 is 0 Å². The second kappa shape index (κ2) is 8.05. The molecule has 0 aliphatic rings. The molecule has 0 heterocycles. The number of ether oxygens (including phenoxy) is 1. The Kier molecular flexibility index (Phi) is 6.09. The van der Waals surface area contributed by atoms with Crippen molar-refractivity contribution in [2.45, 2.75) is 12.5 Å². The molecule has 0 aliphatic carbocycles. The lowest BCUT2D eigenvalue weighted by molar-refractivity contribution is 0.0699. The first-order chi connectivity index (χ1) is 10.6. The lowest BCUT2D eigenvalue weighted by Crippen LogP contribution is -2.11. The molecule has 0 radical (unpaired) electrons. The van der Waals surface area contributed by atoms with Crippen molar-refractivity contribution in [3.63, 3.8) is 0 Å². The molecular weight excluding hydrogens is 304 g/mol. The van der Waals surface area contributed by atoms with E-state index in [9.17, 15) is 8.42 Å². The highest BCUT2D eigenvalue weighted by molar-refractivity contribution is 7.80. The third-order valence-corrected chi connectivity index (χ3v) is 3.47. The Hall–Kier alpha value is -1.73. The minimum absolute atomic E-state index is 0.116. The average Bonchev–Trinajstić information content (AvgIpc) is 2.51. The van der Waals surface area contributed by atoms with Crippen molar-refractivity contribution in [3.8, 4) is 0 Å². The molecule has 118 valence electrons. The van der Waals surface area contributed by atoms with E-state index in [1.54, 1.807) is 0 Å². The van der Waals surface area contributed by atoms with E-state index in [-0.39, 0.29) is 12.7 Å². The summed E-state index contributed by atoms with van der Waals surface area (Å²) in [7, 11) is -4.38. The molecule has 6 heteroatoms. The molecular formula is C16H18O5S. The summed E-state index contributed by atoms with van der Waals surface area (Å²) >= 11 is 0. The summed E-state index contributed by atoms with van der Waals surface area (Å²) in [5, 5.41) is 0. The molecule has 0 spiro atoms.